The summed E-state index contributed by atoms with van der Waals surface area (Å²) < 4.78 is 13.1. The Morgan fingerprint density at radius 1 is 0.743 bits per heavy atom. The van der Waals surface area contributed by atoms with Gasteiger partial charge in [0, 0.05) is 16.7 Å². The molecule has 2 aromatic rings. The summed E-state index contributed by atoms with van der Waals surface area (Å²) in [6, 6.07) is 13.8. The summed E-state index contributed by atoms with van der Waals surface area (Å²) in [5.74, 6) is 6.54. The van der Waals surface area contributed by atoms with Crippen LogP contribution in [0.5, 0.6) is 0 Å². The van der Waals surface area contributed by atoms with E-state index in [1.165, 1.54) is 0 Å². The van der Waals surface area contributed by atoms with E-state index in [2.05, 4.69) is 97.8 Å². The van der Waals surface area contributed by atoms with Gasteiger partial charge in [-0.15, -0.1) is 0 Å². The number of ketones is 1. The summed E-state index contributed by atoms with van der Waals surface area (Å²) in [6.45, 7) is 25.4. The number of Topliss-reactive ketones (excluding diaryl/α,β-unsaturated/α-hetero) is 1. The monoisotopic (exact) mass is 508 g/mol. The van der Waals surface area contributed by atoms with Gasteiger partial charge in [-0.2, -0.15) is 0 Å². The highest BCUT2D eigenvalue weighted by atomic mass is 28.4. The minimum atomic E-state index is -1.91. The normalized spacial score (nSPS) is 12.8. The van der Waals surface area contributed by atoms with Crippen molar-refractivity contribution >= 4 is 22.4 Å². The SMILES string of the molecule is CC(=O)c1cccc(C#Cc2ccc(CO[Si](C)(C)C(C)(C)C)c(CO[Si](C)(C)C(C)(C)C)c2)c1. The molecule has 0 spiro atoms. The fourth-order valence-electron chi connectivity index (χ4n) is 2.89. The standard InChI is InChI=1S/C30H44O3Si2/c1-23(31)26-14-12-13-24(19-26)15-16-25-17-18-27(21-32-34(8,9)29(2,3)4)28(20-25)22-33-35(10,11)30(5,6)7/h12-14,17-20H,21-22H2,1-11H3. The number of rotatable bonds is 7. The highest BCUT2D eigenvalue weighted by Crippen LogP contribution is 2.38. The molecule has 0 heterocycles. The first-order valence-corrected chi connectivity index (χ1v) is 18.3. The summed E-state index contributed by atoms with van der Waals surface area (Å²) in [6.07, 6.45) is 0. The minimum Gasteiger partial charge on any atom is -0.413 e. The quantitative estimate of drug-likeness (QED) is 0.214. The van der Waals surface area contributed by atoms with Gasteiger partial charge in [0.05, 0.1) is 13.2 Å². The van der Waals surface area contributed by atoms with Gasteiger partial charge < -0.3 is 8.85 Å². The Kier molecular flexibility index (Phi) is 9.16. The van der Waals surface area contributed by atoms with Crippen LogP contribution in [-0.2, 0) is 22.1 Å². The molecular formula is C30H44O3Si2. The van der Waals surface area contributed by atoms with E-state index in [-0.39, 0.29) is 15.9 Å². The van der Waals surface area contributed by atoms with Gasteiger partial charge in [-0.05, 0) is 78.6 Å². The largest absolute Gasteiger partial charge is 0.413 e. The summed E-state index contributed by atoms with van der Waals surface area (Å²) in [5.41, 5.74) is 4.75. The second kappa shape index (κ2) is 11.0. The predicted molar refractivity (Wildman–Crippen MR) is 153 cm³/mol. The molecule has 0 aliphatic heterocycles. The lowest BCUT2D eigenvalue weighted by Crippen LogP contribution is -2.41. The Hall–Kier alpha value is -1.98. The molecule has 3 nitrogen and oxygen atoms in total. The molecule has 0 atom stereocenters. The molecule has 2 rings (SSSR count). The number of hydrogen-bond acceptors (Lipinski definition) is 3. The lowest BCUT2D eigenvalue weighted by molar-refractivity contribution is 0.101. The molecule has 2 aromatic carbocycles. The number of carbonyl (C=O) groups excluding carboxylic acids is 1. The van der Waals surface area contributed by atoms with Crippen LogP contribution in [0.25, 0.3) is 0 Å². The van der Waals surface area contributed by atoms with Crippen LogP contribution in [0.3, 0.4) is 0 Å². The van der Waals surface area contributed by atoms with Crippen molar-refractivity contribution in [2.45, 2.75) is 97.9 Å². The van der Waals surface area contributed by atoms with E-state index in [4.69, 9.17) is 8.85 Å². The smallest absolute Gasteiger partial charge is 0.192 e. The summed E-state index contributed by atoms with van der Waals surface area (Å²) in [7, 11) is -3.78. The van der Waals surface area contributed by atoms with Crippen LogP contribution < -0.4 is 0 Å². The molecule has 35 heavy (non-hydrogen) atoms. The molecule has 5 heteroatoms. The third kappa shape index (κ3) is 8.01. The van der Waals surface area contributed by atoms with E-state index in [0.29, 0.717) is 18.8 Å². The molecule has 0 aliphatic rings. The van der Waals surface area contributed by atoms with E-state index in [1.54, 1.807) is 6.92 Å². The van der Waals surface area contributed by atoms with Crippen molar-refractivity contribution in [3.63, 3.8) is 0 Å². The van der Waals surface area contributed by atoms with Crippen LogP contribution in [0.15, 0.2) is 42.5 Å². The van der Waals surface area contributed by atoms with E-state index in [0.717, 1.165) is 22.3 Å². The van der Waals surface area contributed by atoms with Gasteiger partial charge in [-0.25, -0.2) is 0 Å². The maximum absolute atomic E-state index is 11.7. The lowest BCUT2D eigenvalue weighted by Gasteiger charge is -2.37. The molecule has 0 amide bonds. The average molecular weight is 509 g/mol. The minimum absolute atomic E-state index is 0.0461. The van der Waals surface area contributed by atoms with Crippen molar-refractivity contribution in [3.05, 3.63) is 70.3 Å². The highest BCUT2D eigenvalue weighted by molar-refractivity contribution is 6.74. The van der Waals surface area contributed by atoms with E-state index in [9.17, 15) is 4.79 Å². The fraction of sp³-hybridized carbons (Fsp3) is 0.500. The van der Waals surface area contributed by atoms with Gasteiger partial charge in [0.25, 0.3) is 0 Å². The zero-order valence-corrected chi connectivity index (χ0v) is 25.7. The van der Waals surface area contributed by atoms with Crippen molar-refractivity contribution in [3.8, 4) is 11.8 Å². The summed E-state index contributed by atoms with van der Waals surface area (Å²) >= 11 is 0. The summed E-state index contributed by atoms with van der Waals surface area (Å²) in [5, 5.41) is 0.300. The van der Waals surface area contributed by atoms with E-state index in [1.807, 2.05) is 24.3 Å². The van der Waals surface area contributed by atoms with Gasteiger partial charge in [0.15, 0.2) is 22.4 Å². The average Bonchev–Trinajstić information content (AvgIpc) is 2.74. The van der Waals surface area contributed by atoms with Gasteiger partial charge in [-0.3, -0.25) is 4.79 Å². The van der Waals surface area contributed by atoms with Crippen LogP contribution in [0.2, 0.25) is 36.3 Å². The lowest BCUT2D eigenvalue weighted by atomic mass is 10.0. The van der Waals surface area contributed by atoms with E-state index >= 15 is 0 Å². The summed E-state index contributed by atoms with van der Waals surface area (Å²) in [4.78, 5) is 11.7. The molecule has 0 radical (unpaired) electrons. The van der Waals surface area contributed by atoms with Crippen molar-refractivity contribution in [1.29, 1.82) is 0 Å². The number of carbonyl (C=O) groups is 1. The molecule has 0 unspecified atom stereocenters. The number of benzene rings is 2. The first-order chi connectivity index (χ1) is 15.9. The zero-order valence-electron chi connectivity index (χ0n) is 23.7. The molecule has 0 saturated heterocycles. The van der Waals surface area contributed by atoms with Crippen LogP contribution in [-0.4, -0.2) is 22.4 Å². The Bertz CT molecular complexity index is 1110. The molecule has 190 valence electrons. The number of hydrogen-bond donors (Lipinski definition) is 0. The second-order valence-corrected chi connectivity index (χ2v) is 22.1. The van der Waals surface area contributed by atoms with Crippen molar-refractivity contribution < 1.29 is 13.6 Å². The molecule has 0 saturated carbocycles. The van der Waals surface area contributed by atoms with Gasteiger partial charge in [-0.1, -0.05) is 71.6 Å². The van der Waals surface area contributed by atoms with E-state index < -0.39 is 16.6 Å². The zero-order chi connectivity index (χ0) is 26.7. The molecule has 0 aromatic heterocycles. The van der Waals surface area contributed by atoms with Crippen LogP contribution in [0, 0.1) is 11.8 Å². The molecule has 0 bridgehead atoms. The topological polar surface area (TPSA) is 35.5 Å². The molecular weight excluding hydrogens is 464 g/mol. The Balaban J connectivity index is 2.37. The van der Waals surface area contributed by atoms with Gasteiger partial charge >= 0.3 is 0 Å². The molecule has 0 N–H and O–H groups in total. The third-order valence-electron chi connectivity index (χ3n) is 7.62. The highest BCUT2D eigenvalue weighted by Gasteiger charge is 2.38. The van der Waals surface area contributed by atoms with Gasteiger partial charge in [0.2, 0.25) is 0 Å². The first kappa shape index (κ1) is 29.3. The maximum Gasteiger partial charge on any atom is 0.192 e. The Morgan fingerprint density at radius 2 is 1.23 bits per heavy atom. The molecule has 0 fully saturated rings. The van der Waals surface area contributed by atoms with Crippen LogP contribution >= 0.6 is 0 Å². The predicted octanol–water partition coefficient (Wildman–Crippen LogP) is 8.33. The van der Waals surface area contributed by atoms with Crippen molar-refractivity contribution in [1.82, 2.24) is 0 Å². The third-order valence-corrected chi connectivity index (χ3v) is 16.6. The molecule has 0 aliphatic carbocycles. The van der Waals surface area contributed by atoms with Crippen molar-refractivity contribution in [2.75, 3.05) is 0 Å². The maximum atomic E-state index is 11.7. The van der Waals surface area contributed by atoms with Gasteiger partial charge in [0.1, 0.15) is 0 Å². The van der Waals surface area contributed by atoms with Crippen molar-refractivity contribution in [2.24, 2.45) is 0 Å². The first-order valence-electron chi connectivity index (χ1n) is 12.5. The van der Waals surface area contributed by atoms with Crippen LogP contribution in [0.1, 0.15) is 81.1 Å². The Morgan fingerprint density at radius 3 is 1.71 bits per heavy atom. The fourth-order valence-corrected chi connectivity index (χ4v) is 4.79. The van der Waals surface area contributed by atoms with Crippen LogP contribution in [0.4, 0.5) is 0 Å². The Labute approximate surface area is 215 Å². The second-order valence-electron chi connectivity index (χ2n) is 12.5.